The van der Waals surface area contributed by atoms with Gasteiger partial charge in [0.1, 0.15) is 0 Å². The lowest BCUT2D eigenvalue weighted by Crippen LogP contribution is -2.40. The highest BCUT2D eigenvalue weighted by Crippen LogP contribution is 2.10. The van der Waals surface area contributed by atoms with Crippen LogP contribution in [0, 0.1) is 0 Å². The molecule has 13 heavy (non-hydrogen) atoms. The Kier molecular flexibility index (Phi) is 2.65. The highest BCUT2D eigenvalue weighted by molar-refractivity contribution is 5.75. The standard InChI is InChI=1S/C9H10O4/c10-8(11)9(12,13)6-7-4-2-1-3-5-7/h1-5,12-13H,6H2,(H,10,11). The Morgan fingerprint density at radius 2 is 1.77 bits per heavy atom. The Morgan fingerprint density at radius 1 is 1.23 bits per heavy atom. The van der Waals surface area contributed by atoms with E-state index in [2.05, 4.69) is 0 Å². The minimum absolute atomic E-state index is 0.316. The molecule has 0 saturated carbocycles. The lowest BCUT2D eigenvalue weighted by atomic mass is 10.1. The number of carbonyl (C=O) groups is 1. The second-order valence-corrected chi connectivity index (χ2v) is 2.78. The number of benzene rings is 1. The fraction of sp³-hybridized carbons (Fsp3) is 0.222. The van der Waals surface area contributed by atoms with Gasteiger partial charge in [-0.2, -0.15) is 0 Å². The predicted molar refractivity (Wildman–Crippen MR) is 45.0 cm³/mol. The zero-order chi connectivity index (χ0) is 9.90. The molecule has 0 unspecified atom stereocenters. The molecule has 0 aliphatic heterocycles. The Hall–Kier alpha value is -1.39. The molecule has 0 aromatic heterocycles. The van der Waals surface area contributed by atoms with Crippen LogP contribution in [-0.2, 0) is 11.2 Å². The summed E-state index contributed by atoms with van der Waals surface area (Å²) in [5.74, 6) is -4.32. The van der Waals surface area contributed by atoms with Crippen molar-refractivity contribution in [2.24, 2.45) is 0 Å². The van der Waals surface area contributed by atoms with Crippen LogP contribution in [0.4, 0.5) is 0 Å². The van der Waals surface area contributed by atoms with Gasteiger partial charge in [-0.1, -0.05) is 30.3 Å². The molecule has 1 rings (SSSR count). The van der Waals surface area contributed by atoms with E-state index in [0.717, 1.165) is 0 Å². The van der Waals surface area contributed by atoms with Crippen molar-refractivity contribution in [1.82, 2.24) is 0 Å². The molecule has 4 nitrogen and oxygen atoms in total. The van der Waals surface area contributed by atoms with E-state index in [4.69, 9.17) is 15.3 Å². The second kappa shape index (κ2) is 3.55. The number of rotatable bonds is 3. The summed E-state index contributed by atoms with van der Waals surface area (Å²) >= 11 is 0. The summed E-state index contributed by atoms with van der Waals surface area (Å²) in [6, 6.07) is 8.43. The number of carboxylic acid groups (broad SMARTS) is 1. The van der Waals surface area contributed by atoms with Gasteiger partial charge in [-0.15, -0.1) is 0 Å². The third kappa shape index (κ3) is 2.54. The van der Waals surface area contributed by atoms with E-state index in [1.165, 1.54) is 0 Å². The molecule has 3 N–H and O–H groups in total. The van der Waals surface area contributed by atoms with E-state index in [-0.39, 0.29) is 6.42 Å². The van der Waals surface area contributed by atoms with Crippen molar-refractivity contribution in [3.63, 3.8) is 0 Å². The summed E-state index contributed by atoms with van der Waals surface area (Å²) < 4.78 is 0. The highest BCUT2D eigenvalue weighted by atomic mass is 16.5. The second-order valence-electron chi connectivity index (χ2n) is 2.78. The maximum atomic E-state index is 10.3. The topological polar surface area (TPSA) is 77.8 Å². The van der Waals surface area contributed by atoms with Crippen LogP contribution >= 0.6 is 0 Å². The number of aliphatic hydroxyl groups is 2. The van der Waals surface area contributed by atoms with Gasteiger partial charge in [-0.05, 0) is 5.56 Å². The van der Waals surface area contributed by atoms with Crippen LogP contribution in [0.25, 0.3) is 0 Å². The first-order chi connectivity index (χ1) is 6.02. The molecule has 0 bridgehead atoms. The molecule has 0 aliphatic carbocycles. The monoisotopic (exact) mass is 182 g/mol. The quantitative estimate of drug-likeness (QED) is 0.575. The van der Waals surface area contributed by atoms with Gasteiger partial charge in [-0.25, -0.2) is 4.79 Å². The van der Waals surface area contributed by atoms with Gasteiger partial charge in [-0.3, -0.25) is 0 Å². The molecule has 0 fully saturated rings. The van der Waals surface area contributed by atoms with Crippen molar-refractivity contribution in [3.8, 4) is 0 Å². The van der Waals surface area contributed by atoms with E-state index in [0.29, 0.717) is 5.56 Å². The van der Waals surface area contributed by atoms with Crippen molar-refractivity contribution >= 4 is 5.97 Å². The van der Waals surface area contributed by atoms with Crippen molar-refractivity contribution in [2.75, 3.05) is 0 Å². The zero-order valence-electron chi connectivity index (χ0n) is 6.84. The number of carboxylic acids is 1. The van der Waals surface area contributed by atoms with Crippen LogP contribution in [0.2, 0.25) is 0 Å². The van der Waals surface area contributed by atoms with Crippen LogP contribution in [0.1, 0.15) is 5.56 Å². The summed E-state index contributed by atoms with van der Waals surface area (Å²) in [6.45, 7) is 0. The number of aliphatic carboxylic acids is 1. The van der Waals surface area contributed by atoms with Crippen LogP contribution < -0.4 is 0 Å². The molecule has 0 heterocycles. The predicted octanol–water partition coefficient (Wildman–Crippen LogP) is -0.00540. The highest BCUT2D eigenvalue weighted by Gasteiger charge is 2.32. The van der Waals surface area contributed by atoms with E-state index >= 15 is 0 Å². The van der Waals surface area contributed by atoms with Gasteiger partial charge in [0.05, 0.1) is 0 Å². The van der Waals surface area contributed by atoms with Crippen LogP contribution in [0.15, 0.2) is 30.3 Å². The van der Waals surface area contributed by atoms with Crippen LogP contribution in [0.5, 0.6) is 0 Å². The Labute approximate surface area is 75.1 Å². The maximum absolute atomic E-state index is 10.3. The normalized spacial score (nSPS) is 11.2. The molecule has 1 aromatic rings. The first-order valence-electron chi connectivity index (χ1n) is 3.74. The molecular formula is C9H10O4. The average Bonchev–Trinajstić information content (AvgIpc) is 2.05. The SMILES string of the molecule is O=C(O)C(O)(O)Cc1ccccc1. The minimum Gasteiger partial charge on any atom is -0.477 e. The molecule has 4 heteroatoms. The van der Waals surface area contributed by atoms with Gasteiger partial charge in [0.15, 0.2) is 0 Å². The Balaban J connectivity index is 2.75. The minimum atomic E-state index is -2.68. The van der Waals surface area contributed by atoms with Crippen molar-refractivity contribution in [1.29, 1.82) is 0 Å². The summed E-state index contributed by atoms with van der Waals surface area (Å²) in [6.07, 6.45) is -0.316. The molecular weight excluding hydrogens is 172 g/mol. The first-order valence-corrected chi connectivity index (χ1v) is 3.74. The van der Waals surface area contributed by atoms with Gasteiger partial charge in [0.25, 0.3) is 5.79 Å². The molecule has 70 valence electrons. The number of hydrogen-bond acceptors (Lipinski definition) is 3. The molecule has 0 amide bonds. The summed E-state index contributed by atoms with van der Waals surface area (Å²) in [5.41, 5.74) is 0.565. The Bertz CT molecular complexity index is 292. The molecule has 0 saturated heterocycles. The number of hydrogen-bond donors (Lipinski definition) is 3. The molecule has 0 atom stereocenters. The lowest BCUT2D eigenvalue weighted by molar-refractivity contribution is -0.202. The molecule has 0 radical (unpaired) electrons. The summed E-state index contributed by atoms with van der Waals surface area (Å²) in [4.78, 5) is 10.3. The van der Waals surface area contributed by atoms with Crippen LogP contribution in [0.3, 0.4) is 0 Å². The van der Waals surface area contributed by atoms with E-state index in [9.17, 15) is 4.79 Å². The first kappa shape index (κ1) is 9.70. The largest absolute Gasteiger partial charge is 0.477 e. The maximum Gasteiger partial charge on any atom is 0.364 e. The van der Waals surface area contributed by atoms with E-state index in [1.54, 1.807) is 30.3 Å². The van der Waals surface area contributed by atoms with Crippen molar-refractivity contribution < 1.29 is 20.1 Å². The molecule has 0 aliphatic rings. The Morgan fingerprint density at radius 3 is 2.23 bits per heavy atom. The van der Waals surface area contributed by atoms with Gasteiger partial charge < -0.3 is 15.3 Å². The van der Waals surface area contributed by atoms with Gasteiger partial charge >= 0.3 is 5.97 Å². The van der Waals surface area contributed by atoms with Crippen molar-refractivity contribution in [2.45, 2.75) is 12.2 Å². The van der Waals surface area contributed by atoms with Crippen molar-refractivity contribution in [3.05, 3.63) is 35.9 Å². The molecule has 0 spiro atoms. The zero-order valence-corrected chi connectivity index (χ0v) is 6.84. The summed E-state index contributed by atoms with van der Waals surface area (Å²) in [5, 5.41) is 26.4. The van der Waals surface area contributed by atoms with Crippen LogP contribution in [-0.4, -0.2) is 27.1 Å². The fourth-order valence-corrected chi connectivity index (χ4v) is 0.956. The third-order valence-corrected chi connectivity index (χ3v) is 1.64. The van der Waals surface area contributed by atoms with E-state index < -0.39 is 11.8 Å². The fourth-order valence-electron chi connectivity index (χ4n) is 0.956. The van der Waals surface area contributed by atoms with Gasteiger partial charge in [0, 0.05) is 6.42 Å². The van der Waals surface area contributed by atoms with E-state index in [1.807, 2.05) is 0 Å². The molecule has 1 aromatic carbocycles. The third-order valence-electron chi connectivity index (χ3n) is 1.64. The average molecular weight is 182 g/mol. The van der Waals surface area contributed by atoms with Gasteiger partial charge in [0.2, 0.25) is 0 Å². The lowest BCUT2D eigenvalue weighted by Gasteiger charge is -2.15. The smallest absolute Gasteiger partial charge is 0.364 e. The summed E-state index contributed by atoms with van der Waals surface area (Å²) in [7, 11) is 0.